The van der Waals surface area contributed by atoms with Crippen molar-refractivity contribution in [1.29, 1.82) is 0 Å². The minimum Gasteiger partial charge on any atom is -0.565 e. The van der Waals surface area contributed by atoms with E-state index >= 15 is 0 Å². The molecule has 0 radical (unpaired) electrons. The van der Waals surface area contributed by atoms with Gasteiger partial charge in [-0.3, -0.25) is 0 Å². The normalized spacial score (nSPS) is 6.93. The molecule has 0 saturated heterocycles. The average Bonchev–Trinajstić information content (AvgIpc) is 2.05. The van der Waals surface area contributed by atoms with Gasteiger partial charge in [-0.15, -0.1) is 0 Å². The van der Waals surface area contributed by atoms with Crippen LogP contribution in [0.3, 0.4) is 0 Å². The molecule has 0 aliphatic rings. The van der Waals surface area contributed by atoms with Crippen LogP contribution in [0.2, 0.25) is 0 Å². The standard InChI is InChI=1S/C7H6O2.CH2O3.2Na/c8-7(9)6-4-2-1-3-5-6;2-1(3)4;;/h1-5H,(H,8,9);(H2,2,3,4);;/q;;2*+1/p-2. The average molecular weight is 228 g/mol. The Balaban J connectivity index is -0.000000213. The summed E-state index contributed by atoms with van der Waals surface area (Å²) in [7, 11) is 0. The van der Waals surface area contributed by atoms with Crippen LogP contribution in [-0.4, -0.2) is 17.2 Å². The van der Waals surface area contributed by atoms with E-state index < -0.39 is 12.1 Å². The van der Waals surface area contributed by atoms with Crippen LogP contribution in [0.5, 0.6) is 0 Å². The van der Waals surface area contributed by atoms with Gasteiger partial charge < -0.3 is 24.9 Å². The zero-order valence-corrected chi connectivity index (χ0v) is 12.5. The van der Waals surface area contributed by atoms with Gasteiger partial charge in [0.2, 0.25) is 6.16 Å². The molecule has 1 N–H and O–H groups in total. The summed E-state index contributed by atoms with van der Waals surface area (Å²) in [5, 5.41) is 25.4. The third-order valence-corrected chi connectivity index (χ3v) is 1.01. The van der Waals surface area contributed by atoms with E-state index in [2.05, 4.69) is 0 Å². The van der Waals surface area contributed by atoms with Gasteiger partial charge in [-0.2, -0.15) is 0 Å². The molecule has 0 fully saturated rings. The number of carboxylic acid groups (broad SMARTS) is 3. The molecule has 1 aromatic rings. The molecule has 0 unspecified atom stereocenters. The third-order valence-electron chi connectivity index (χ3n) is 1.01. The molecule has 1 aromatic carbocycles. The summed E-state index contributed by atoms with van der Waals surface area (Å²) >= 11 is 0. The van der Waals surface area contributed by atoms with Gasteiger partial charge >= 0.3 is 59.1 Å². The molecule has 0 heterocycles. The van der Waals surface area contributed by atoms with E-state index in [1.54, 1.807) is 18.2 Å². The molecule has 0 amide bonds. The summed E-state index contributed by atoms with van der Waals surface area (Å²) in [5.41, 5.74) is 0.220. The van der Waals surface area contributed by atoms with Crippen LogP contribution in [0.25, 0.3) is 0 Å². The number of carbonyl (C=O) groups is 2. The summed E-state index contributed by atoms with van der Waals surface area (Å²) in [6.45, 7) is 0. The van der Waals surface area contributed by atoms with E-state index in [1.165, 1.54) is 12.1 Å². The van der Waals surface area contributed by atoms with Crippen molar-refractivity contribution in [3.05, 3.63) is 35.9 Å². The molecule has 0 aliphatic carbocycles. The maximum absolute atomic E-state index is 10.1. The van der Waals surface area contributed by atoms with Gasteiger partial charge in [0.25, 0.3) is 0 Å². The van der Waals surface area contributed by atoms with Crippen LogP contribution >= 0.6 is 0 Å². The number of aromatic carboxylic acids is 1. The van der Waals surface area contributed by atoms with Crippen molar-refractivity contribution in [2.45, 2.75) is 0 Å². The number of rotatable bonds is 1. The topological polar surface area (TPSA) is 100 Å². The molecule has 7 heteroatoms. The quantitative estimate of drug-likeness (QED) is 0.481. The van der Waals surface area contributed by atoms with E-state index in [-0.39, 0.29) is 64.7 Å². The maximum Gasteiger partial charge on any atom is 1.00 e. The van der Waals surface area contributed by atoms with Crippen LogP contribution in [-0.2, 0) is 0 Å². The van der Waals surface area contributed by atoms with Gasteiger partial charge in [0, 0.05) is 0 Å². The minimum atomic E-state index is -2.08. The van der Waals surface area contributed by atoms with Crippen LogP contribution < -0.4 is 69.3 Å². The molecule has 0 saturated carbocycles. The predicted octanol–water partition coefficient (Wildman–Crippen LogP) is -7.05. The second-order valence-corrected chi connectivity index (χ2v) is 1.92. The zero-order valence-electron chi connectivity index (χ0n) is 8.47. The molecule has 0 aliphatic heterocycles. The summed E-state index contributed by atoms with van der Waals surface area (Å²) < 4.78 is 0. The van der Waals surface area contributed by atoms with Crippen molar-refractivity contribution in [2.75, 3.05) is 0 Å². The zero-order chi connectivity index (χ0) is 10.3. The molecular weight excluding hydrogens is 222 g/mol. The predicted molar refractivity (Wildman–Crippen MR) is 38.8 cm³/mol. The first kappa shape index (κ1) is 20.4. The molecule has 15 heavy (non-hydrogen) atoms. The fourth-order valence-corrected chi connectivity index (χ4v) is 0.574. The van der Waals surface area contributed by atoms with E-state index in [0.717, 1.165) is 0 Å². The van der Waals surface area contributed by atoms with Crippen molar-refractivity contribution in [1.82, 2.24) is 0 Å². The van der Waals surface area contributed by atoms with Gasteiger partial charge in [-0.25, -0.2) is 0 Å². The first-order valence-corrected chi connectivity index (χ1v) is 3.20. The maximum atomic E-state index is 10.1. The van der Waals surface area contributed by atoms with Crippen molar-refractivity contribution >= 4 is 12.1 Å². The molecular formula is C8H6Na2O5. The van der Waals surface area contributed by atoms with Crippen molar-refractivity contribution in [3.8, 4) is 0 Å². The number of hydrogen-bond donors (Lipinski definition) is 1. The Bertz CT molecular complexity index is 284. The first-order valence-electron chi connectivity index (χ1n) is 3.20. The smallest absolute Gasteiger partial charge is 0.565 e. The third kappa shape index (κ3) is 14.0. The fourth-order valence-electron chi connectivity index (χ4n) is 0.574. The fraction of sp³-hybridized carbons (Fsp3) is 0. The minimum absolute atomic E-state index is 0. The number of hydrogen-bond acceptors (Lipinski definition) is 4. The van der Waals surface area contributed by atoms with E-state index in [9.17, 15) is 9.90 Å². The largest absolute Gasteiger partial charge is 1.00 e. The second-order valence-electron chi connectivity index (χ2n) is 1.92. The Kier molecular flexibility index (Phi) is 16.3. The molecule has 0 atom stereocenters. The van der Waals surface area contributed by atoms with Crippen LogP contribution in [0.1, 0.15) is 10.4 Å². The van der Waals surface area contributed by atoms with Gasteiger partial charge in [-0.05, 0) is 5.56 Å². The summed E-state index contributed by atoms with van der Waals surface area (Å²) in [6, 6.07) is 8.06. The summed E-state index contributed by atoms with van der Waals surface area (Å²) in [4.78, 5) is 18.5. The monoisotopic (exact) mass is 228 g/mol. The Hall–Kier alpha value is -0.0400. The van der Waals surface area contributed by atoms with E-state index in [4.69, 9.17) is 15.0 Å². The Morgan fingerprint density at radius 3 is 1.53 bits per heavy atom. The second kappa shape index (κ2) is 12.0. The van der Waals surface area contributed by atoms with Crippen molar-refractivity contribution < 1.29 is 84.0 Å². The number of benzene rings is 1. The first-order chi connectivity index (χ1) is 6.04. The van der Waals surface area contributed by atoms with Gasteiger partial charge in [-0.1, -0.05) is 30.3 Å². The Morgan fingerprint density at radius 2 is 1.33 bits per heavy atom. The van der Waals surface area contributed by atoms with E-state index in [0.29, 0.717) is 0 Å². The van der Waals surface area contributed by atoms with Crippen molar-refractivity contribution in [2.24, 2.45) is 0 Å². The van der Waals surface area contributed by atoms with Crippen molar-refractivity contribution in [3.63, 3.8) is 0 Å². The Labute approximate surface area is 131 Å². The number of carbonyl (C=O) groups excluding carboxylic acids is 1. The Morgan fingerprint density at radius 1 is 1.00 bits per heavy atom. The number of carboxylic acids is 1. The molecule has 0 bridgehead atoms. The molecule has 5 nitrogen and oxygen atoms in total. The van der Waals surface area contributed by atoms with Gasteiger partial charge in [0.15, 0.2) is 0 Å². The SMILES string of the molecule is O=C([O-])O.O=C([O-])c1ccccc1.[Na+].[Na+]. The summed E-state index contributed by atoms with van der Waals surface area (Å²) in [5.74, 6) is -1.13. The molecule has 0 aromatic heterocycles. The molecule has 0 spiro atoms. The van der Waals surface area contributed by atoms with Gasteiger partial charge in [0.05, 0.1) is 5.97 Å². The van der Waals surface area contributed by atoms with Crippen LogP contribution in [0.4, 0.5) is 4.79 Å². The van der Waals surface area contributed by atoms with Gasteiger partial charge in [0.1, 0.15) is 0 Å². The van der Waals surface area contributed by atoms with Crippen LogP contribution in [0.15, 0.2) is 30.3 Å². The molecule has 1 rings (SSSR count). The molecule has 70 valence electrons. The summed E-state index contributed by atoms with van der Waals surface area (Å²) in [6.07, 6.45) is -2.08. The van der Waals surface area contributed by atoms with Crippen LogP contribution in [0, 0.1) is 0 Å². The van der Waals surface area contributed by atoms with E-state index in [1.807, 2.05) is 0 Å².